The van der Waals surface area contributed by atoms with Crippen molar-refractivity contribution in [1.29, 1.82) is 0 Å². The number of hydrogen-bond acceptors (Lipinski definition) is 3. The Bertz CT molecular complexity index is 140. The van der Waals surface area contributed by atoms with Gasteiger partial charge in [-0.3, -0.25) is 0 Å². The van der Waals surface area contributed by atoms with Crippen LogP contribution in [-0.4, -0.2) is 39.9 Å². The molecular formula is C13H30N2O. The second-order valence-corrected chi connectivity index (χ2v) is 5.02. The highest BCUT2D eigenvalue weighted by Crippen LogP contribution is 2.02. The normalized spacial score (nSPS) is 13.3. The predicted molar refractivity (Wildman–Crippen MR) is 70.9 cm³/mol. The topological polar surface area (TPSA) is 33.3 Å². The van der Waals surface area contributed by atoms with E-state index in [0.29, 0.717) is 5.92 Å². The van der Waals surface area contributed by atoms with Gasteiger partial charge in [0, 0.05) is 6.54 Å². The zero-order valence-electron chi connectivity index (χ0n) is 11.5. The zero-order valence-corrected chi connectivity index (χ0v) is 11.5. The average molecular weight is 230 g/mol. The van der Waals surface area contributed by atoms with Gasteiger partial charge in [-0.1, -0.05) is 20.8 Å². The molecule has 98 valence electrons. The third-order valence-electron chi connectivity index (χ3n) is 2.53. The Morgan fingerprint density at radius 1 is 1.12 bits per heavy atom. The Hall–Kier alpha value is -0.120. The van der Waals surface area contributed by atoms with Crippen molar-refractivity contribution < 1.29 is 4.74 Å². The van der Waals surface area contributed by atoms with Crippen LogP contribution in [0.1, 0.15) is 33.6 Å². The van der Waals surface area contributed by atoms with Crippen LogP contribution in [0.4, 0.5) is 0 Å². The van der Waals surface area contributed by atoms with E-state index in [-0.39, 0.29) is 0 Å². The summed E-state index contributed by atoms with van der Waals surface area (Å²) < 4.78 is 5.53. The Morgan fingerprint density at radius 3 is 2.50 bits per heavy atom. The molecular weight excluding hydrogens is 200 g/mol. The van der Waals surface area contributed by atoms with Crippen molar-refractivity contribution in [3.63, 3.8) is 0 Å². The van der Waals surface area contributed by atoms with Crippen molar-refractivity contribution in [3.05, 3.63) is 0 Å². The molecule has 0 aromatic heterocycles. The first kappa shape index (κ1) is 15.9. The summed E-state index contributed by atoms with van der Waals surface area (Å²) in [6.07, 6.45) is 2.60. The highest BCUT2D eigenvalue weighted by Gasteiger charge is 2.01. The maximum absolute atomic E-state index is 5.53. The van der Waals surface area contributed by atoms with Gasteiger partial charge in [0.05, 0.1) is 13.2 Å². The molecule has 0 radical (unpaired) electrons. The first-order chi connectivity index (χ1) is 7.66. The summed E-state index contributed by atoms with van der Waals surface area (Å²) in [6.45, 7) is 11.6. The van der Waals surface area contributed by atoms with Crippen LogP contribution in [0, 0.1) is 11.8 Å². The fourth-order valence-electron chi connectivity index (χ4n) is 1.50. The fraction of sp³-hybridized carbons (Fsp3) is 1.00. The lowest BCUT2D eigenvalue weighted by atomic mass is 10.1. The van der Waals surface area contributed by atoms with Gasteiger partial charge >= 0.3 is 0 Å². The third-order valence-corrected chi connectivity index (χ3v) is 2.53. The minimum absolute atomic E-state index is 0.607. The van der Waals surface area contributed by atoms with Crippen molar-refractivity contribution in [2.75, 3.05) is 39.9 Å². The molecule has 0 saturated heterocycles. The lowest BCUT2D eigenvalue weighted by Crippen LogP contribution is -2.26. The van der Waals surface area contributed by atoms with Gasteiger partial charge in [-0.05, 0) is 44.8 Å². The fourth-order valence-corrected chi connectivity index (χ4v) is 1.50. The van der Waals surface area contributed by atoms with Crippen LogP contribution in [-0.2, 0) is 4.74 Å². The molecule has 0 aromatic carbocycles. The Kier molecular flexibility index (Phi) is 11.3. The molecule has 3 heteroatoms. The molecule has 1 unspecified atom stereocenters. The van der Waals surface area contributed by atoms with Crippen LogP contribution >= 0.6 is 0 Å². The smallest absolute Gasteiger partial charge is 0.0590 e. The van der Waals surface area contributed by atoms with E-state index in [1.54, 1.807) is 0 Å². The van der Waals surface area contributed by atoms with Crippen molar-refractivity contribution in [3.8, 4) is 0 Å². The van der Waals surface area contributed by atoms with Gasteiger partial charge in [0.15, 0.2) is 0 Å². The maximum Gasteiger partial charge on any atom is 0.0590 e. The van der Waals surface area contributed by atoms with E-state index in [0.717, 1.165) is 38.8 Å². The van der Waals surface area contributed by atoms with E-state index in [1.807, 2.05) is 7.05 Å². The van der Waals surface area contributed by atoms with Crippen LogP contribution in [0.3, 0.4) is 0 Å². The molecule has 16 heavy (non-hydrogen) atoms. The summed E-state index contributed by atoms with van der Waals surface area (Å²) in [7, 11) is 1.95. The largest absolute Gasteiger partial charge is 0.380 e. The molecule has 0 aliphatic heterocycles. The molecule has 0 rings (SSSR count). The number of likely N-dealkylation sites (N-methyl/N-ethyl adjacent to an activating group) is 1. The summed E-state index contributed by atoms with van der Waals surface area (Å²) in [6, 6.07) is 0. The maximum atomic E-state index is 5.53. The highest BCUT2D eigenvalue weighted by atomic mass is 16.5. The summed E-state index contributed by atoms with van der Waals surface area (Å²) in [4.78, 5) is 0. The molecule has 0 spiro atoms. The molecule has 0 aliphatic rings. The molecule has 0 heterocycles. The molecule has 0 bridgehead atoms. The predicted octanol–water partition coefficient (Wildman–Crippen LogP) is 1.88. The van der Waals surface area contributed by atoms with Crippen molar-refractivity contribution >= 4 is 0 Å². The minimum atomic E-state index is 0.607. The first-order valence-electron chi connectivity index (χ1n) is 6.59. The van der Waals surface area contributed by atoms with Gasteiger partial charge in [-0.2, -0.15) is 0 Å². The van der Waals surface area contributed by atoms with Crippen molar-refractivity contribution in [2.45, 2.75) is 33.6 Å². The van der Waals surface area contributed by atoms with E-state index in [9.17, 15) is 0 Å². The average Bonchev–Trinajstić information content (AvgIpc) is 2.23. The Labute approximate surface area is 101 Å². The molecule has 0 amide bonds. The van der Waals surface area contributed by atoms with Crippen LogP contribution in [0.15, 0.2) is 0 Å². The van der Waals surface area contributed by atoms with Crippen LogP contribution in [0.25, 0.3) is 0 Å². The standard InChI is InChI=1S/C13H30N2O/c1-12(2)6-5-7-15-10-13(3)11-16-9-8-14-4/h12-15H,5-11H2,1-4H3. The molecule has 2 N–H and O–H groups in total. The molecule has 0 fully saturated rings. The van der Waals surface area contributed by atoms with Crippen molar-refractivity contribution in [2.24, 2.45) is 11.8 Å². The molecule has 0 aliphatic carbocycles. The molecule has 0 aromatic rings. The second-order valence-electron chi connectivity index (χ2n) is 5.02. The molecule has 3 nitrogen and oxygen atoms in total. The lowest BCUT2D eigenvalue weighted by molar-refractivity contribution is 0.107. The zero-order chi connectivity index (χ0) is 12.2. The van der Waals surface area contributed by atoms with Crippen LogP contribution in [0.5, 0.6) is 0 Å². The van der Waals surface area contributed by atoms with E-state index in [1.165, 1.54) is 12.8 Å². The summed E-state index contributed by atoms with van der Waals surface area (Å²) in [5.74, 6) is 1.43. The summed E-state index contributed by atoms with van der Waals surface area (Å²) >= 11 is 0. The van der Waals surface area contributed by atoms with Gasteiger partial charge in [-0.25, -0.2) is 0 Å². The van der Waals surface area contributed by atoms with Gasteiger partial charge in [-0.15, -0.1) is 0 Å². The van der Waals surface area contributed by atoms with E-state index >= 15 is 0 Å². The number of ether oxygens (including phenoxy) is 1. The van der Waals surface area contributed by atoms with E-state index in [4.69, 9.17) is 4.74 Å². The Morgan fingerprint density at radius 2 is 1.88 bits per heavy atom. The van der Waals surface area contributed by atoms with Gasteiger partial charge in [0.1, 0.15) is 0 Å². The Balaban J connectivity index is 3.14. The van der Waals surface area contributed by atoms with Gasteiger partial charge in [0.2, 0.25) is 0 Å². The lowest BCUT2D eigenvalue weighted by Gasteiger charge is -2.13. The number of rotatable bonds is 11. The van der Waals surface area contributed by atoms with Crippen molar-refractivity contribution in [1.82, 2.24) is 10.6 Å². The number of hydrogen-bond donors (Lipinski definition) is 2. The second kappa shape index (κ2) is 11.4. The van der Waals surface area contributed by atoms with E-state index in [2.05, 4.69) is 31.4 Å². The number of nitrogens with one attached hydrogen (secondary N) is 2. The summed E-state index contributed by atoms with van der Waals surface area (Å²) in [5, 5.41) is 6.56. The van der Waals surface area contributed by atoms with Crippen LogP contribution < -0.4 is 10.6 Å². The van der Waals surface area contributed by atoms with Crippen LogP contribution in [0.2, 0.25) is 0 Å². The summed E-state index contributed by atoms with van der Waals surface area (Å²) in [5.41, 5.74) is 0. The molecule has 1 atom stereocenters. The van der Waals surface area contributed by atoms with Gasteiger partial charge in [0.25, 0.3) is 0 Å². The third kappa shape index (κ3) is 12.0. The minimum Gasteiger partial charge on any atom is -0.380 e. The molecule has 0 saturated carbocycles. The highest BCUT2D eigenvalue weighted by molar-refractivity contribution is 4.57. The van der Waals surface area contributed by atoms with E-state index < -0.39 is 0 Å². The van der Waals surface area contributed by atoms with Gasteiger partial charge < -0.3 is 15.4 Å². The monoisotopic (exact) mass is 230 g/mol. The first-order valence-corrected chi connectivity index (χ1v) is 6.59. The SMILES string of the molecule is CNCCOCC(C)CNCCCC(C)C. The quantitative estimate of drug-likeness (QED) is 0.532.